The molecule has 0 aliphatic carbocycles. The molecule has 7 amide bonds. The number of allylic oxidation sites excluding steroid dienone is 1. The third-order valence-corrected chi connectivity index (χ3v) is 10.0. The standard InChI is InChI=1S/C39H57N11O7/c1-4-5-7-32(51)42-25-30-10-12-31(13-11-30)45-39(40)44-27-36(55)47-18-22-49(23-19-47)38(57)37(56)48-20-16-46(17-21-48)29(3)24-41-34(53)26-43-33(52)8-6-15-50-28(2)9-14-35(50)54/h10-13H,2-9,14-27H2,1H3,(H,41,53)(H,42,51)(H,43,52)(H3,40,44,45). The number of nitrogens with zero attached hydrogens (tertiary/aromatic N) is 6. The number of carbonyl (C=O) groups excluding carboxylic acids is 7. The van der Waals surface area contributed by atoms with E-state index >= 15 is 0 Å². The molecule has 57 heavy (non-hydrogen) atoms. The van der Waals surface area contributed by atoms with Gasteiger partial charge in [0.25, 0.3) is 0 Å². The number of anilines is 1. The van der Waals surface area contributed by atoms with Crippen LogP contribution in [0.2, 0.25) is 0 Å². The van der Waals surface area contributed by atoms with E-state index in [2.05, 4.69) is 39.4 Å². The van der Waals surface area contributed by atoms with Crippen LogP contribution in [0.5, 0.6) is 0 Å². The van der Waals surface area contributed by atoms with Gasteiger partial charge in [-0.05, 0) is 37.0 Å². The molecule has 0 unspecified atom stereocenters. The van der Waals surface area contributed by atoms with Crippen molar-refractivity contribution in [3.8, 4) is 0 Å². The summed E-state index contributed by atoms with van der Waals surface area (Å²) in [5, 5.41) is 11.2. The van der Waals surface area contributed by atoms with Crippen molar-refractivity contribution in [2.45, 2.75) is 58.4 Å². The molecule has 3 aliphatic heterocycles. The van der Waals surface area contributed by atoms with Gasteiger partial charge in [0.2, 0.25) is 29.5 Å². The van der Waals surface area contributed by atoms with E-state index in [1.54, 1.807) is 9.80 Å². The minimum absolute atomic E-state index is 0.0179. The maximum atomic E-state index is 13.1. The molecule has 1 aromatic rings. The quantitative estimate of drug-likeness (QED) is 0.0788. The lowest BCUT2D eigenvalue weighted by Crippen LogP contribution is -2.57. The Kier molecular flexibility index (Phi) is 16.9. The summed E-state index contributed by atoms with van der Waals surface area (Å²) < 4.78 is 0. The summed E-state index contributed by atoms with van der Waals surface area (Å²) in [5.41, 5.74) is 9.04. The summed E-state index contributed by atoms with van der Waals surface area (Å²) in [7, 11) is 0. The van der Waals surface area contributed by atoms with Crippen LogP contribution < -0.4 is 27.0 Å². The highest BCUT2D eigenvalue weighted by Gasteiger charge is 2.32. The molecular formula is C39H57N11O7. The average Bonchev–Trinajstić information content (AvgIpc) is 3.55. The fraction of sp³-hybridized carbons (Fsp3) is 0.538. The van der Waals surface area contributed by atoms with Crippen molar-refractivity contribution < 1.29 is 33.6 Å². The molecule has 6 N–H and O–H groups in total. The smallest absolute Gasteiger partial charge is 0.312 e. The van der Waals surface area contributed by atoms with Crippen molar-refractivity contribution in [3.63, 3.8) is 0 Å². The van der Waals surface area contributed by atoms with Gasteiger partial charge in [-0.25, -0.2) is 4.99 Å². The molecule has 18 nitrogen and oxygen atoms in total. The second-order valence-corrected chi connectivity index (χ2v) is 14.2. The molecule has 3 saturated heterocycles. The molecule has 0 radical (unpaired) electrons. The Morgan fingerprint density at radius 1 is 0.737 bits per heavy atom. The Morgan fingerprint density at radius 2 is 1.30 bits per heavy atom. The molecule has 0 spiro atoms. The Labute approximate surface area is 333 Å². The molecule has 0 atom stereocenters. The lowest BCUT2D eigenvalue weighted by Gasteiger charge is -2.38. The number of piperazine rings is 2. The number of hydrogen-bond acceptors (Lipinski definition) is 9. The average molecular weight is 792 g/mol. The van der Waals surface area contributed by atoms with E-state index in [0.717, 1.165) is 24.1 Å². The molecule has 4 rings (SSSR count). The van der Waals surface area contributed by atoms with Gasteiger partial charge in [0.05, 0.1) is 13.1 Å². The predicted molar refractivity (Wildman–Crippen MR) is 214 cm³/mol. The van der Waals surface area contributed by atoms with Gasteiger partial charge in [-0.2, -0.15) is 0 Å². The highest BCUT2D eigenvalue weighted by molar-refractivity contribution is 6.35. The van der Waals surface area contributed by atoms with Crippen LogP contribution in [-0.4, -0.2) is 150 Å². The first-order valence-electron chi connectivity index (χ1n) is 19.6. The Bertz CT molecular complexity index is 1660. The first-order valence-corrected chi connectivity index (χ1v) is 19.6. The van der Waals surface area contributed by atoms with Gasteiger partial charge in [0.15, 0.2) is 5.96 Å². The molecule has 3 heterocycles. The second kappa shape index (κ2) is 22.0. The van der Waals surface area contributed by atoms with Gasteiger partial charge in [-0.1, -0.05) is 38.6 Å². The topological polar surface area (TPSA) is 222 Å². The SMILES string of the molecule is C=C(CNC(=O)CNC(=O)CCCN1C(=C)CCC1=O)N1CCN(C(=O)C(=O)N2CCN(C(=O)CN=C(N)Nc3ccc(CNC(=O)CCCC)cc3)CC2)CC1. The maximum absolute atomic E-state index is 13.1. The molecule has 310 valence electrons. The Morgan fingerprint density at radius 3 is 1.89 bits per heavy atom. The van der Waals surface area contributed by atoms with Crippen LogP contribution in [0.1, 0.15) is 57.4 Å². The molecule has 1 aromatic carbocycles. The number of nitrogens with two attached hydrogens (primary N) is 1. The van der Waals surface area contributed by atoms with Crippen LogP contribution in [-0.2, 0) is 40.1 Å². The van der Waals surface area contributed by atoms with Crippen LogP contribution >= 0.6 is 0 Å². The van der Waals surface area contributed by atoms with Gasteiger partial charge in [-0.15, -0.1) is 0 Å². The first-order chi connectivity index (χ1) is 27.3. The van der Waals surface area contributed by atoms with E-state index in [1.807, 2.05) is 36.1 Å². The number of carbonyl (C=O) groups is 7. The van der Waals surface area contributed by atoms with Crippen molar-refractivity contribution in [1.29, 1.82) is 0 Å². The fourth-order valence-corrected chi connectivity index (χ4v) is 6.45. The monoisotopic (exact) mass is 791 g/mol. The summed E-state index contributed by atoms with van der Waals surface area (Å²) in [6.07, 6.45) is 4.08. The Balaban J connectivity index is 1.07. The van der Waals surface area contributed by atoms with Crippen molar-refractivity contribution in [1.82, 2.24) is 40.4 Å². The van der Waals surface area contributed by atoms with E-state index in [-0.39, 0.29) is 87.7 Å². The first kappa shape index (κ1) is 43.8. The second-order valence-electron chi connectivity index (χ2n) is 14.2. The summed E-state index contributed by atoms with van der Waals surface area (Å²) >= 11 is 0. The number of nitrogens with one attached hydrogen (secondary N) is 4. The van der Waals surface area contributed by atoms with Crippen molar-refractivity contribution >= 4 is 53.0 Å². The summed E-state index contributed by atoms with van der Waals surface area (Å²) in [5.74, 6) is -2.01. The van der Waals surface area contributed by atoms with E-state index in [1.165, 1.54) is 9.80 Å². The fourth-order valence-electron chi connectivity index (χ4n) is 6.45. The maximum Gasteiger partial charge on any atom is 0.312 e. The zero-order valence-electron chi connectivity index (χ0n) is 33.0. The van der Waals surface area contributed by atoms with Crippen LogP contribution in [0.4, 0.5) is 5.69 Å². The van der Waals surface area contributed by atoms with Gasteiger partial charge in [0.1, 0.15) is 6.54 Å². The lowest BCUT2D eigenvalue weighted by atomic mass is 10.2. The van der Waals surface area contributed by atoms with Gasteiger partial charge < -0.3 is 51.5 Å². The molecule has 18 heteroatoms. The molecule has 0 aromatic heterocycles. The number of amides is 7. The van der Waals surface area contributed by atoms with Crippen molar-refractivity contribution in [3.05, 3.63) is 54.4 Å². The highest BCUT2D eigenvalue weighted by atomic mass is 16.2. The minimum Gasteiger partial charge on any atom is -0.370 e. The van der Waals surface area contributed by atoms with Crippen molar-refractivity contribution in [2.24, 2.45) is 10.7 Å². The Hall–Kier alpha value is -5.94. The van der Waals surface area contributed by atoms with Crippen LogP contribution in [0.3, 0.4) is 0 Å². The number of hydrogen-bond donors (Lipinski definition) is 5. The third-order valence-electron chi connectivity index (χ3n) is 10.0. The predicted octanol–water partition coefficient (Wildman–Crippen LogP) is -0.303. The zero-order chi connectivity index (χ0) is 41.3. The number of benzene rings is 1. The molecular weight excluding hydrogens is 734 g/mol. The van der Waals surface area contributed by atoms with Gasteiger partial charge >= 0.3 is 11.8 Å². The van der Waals surface area contributed by atoms with Crippen LogP contribution in [0, 0.1) is 0 Å². The molecule has 0 saturated carbocycles. The minimum atomic E-state index is -0.616. The van der Waals surface area contributed by atoms with Crippen molar-refractivity contribution in [2.75, 3.05) is 83.9 Å². The summed E-state index contributed by atoms with van der Waals surface area (Å²) in [6.45, 7) is 13.0. The molecule has 3 aliphatic rings. The third kappa shape index (κ3) is 13.9. The van der Waals surface area contributed by atoms with Crippen LogP contribution in [0.25, 0.3) is 0 Å². The lowest BCUT2D eigenvalue weighted by molar-refractivity contribution is -0.154. The number of likely N-dealkylation sites (tertiary alicyclic amines) is 1. The number of guanidine groups is 1. The molecule has 0 bridgehead atoms. The van der Waals surface area contributed by atoms with E-state index in [4.69, 9.17) is 5.73 Å². The molecule has 3 fully saturated rings. The summed E-state index contributed by atoms with van der Waals surface area (Å²) in [6, 6.07) is 7.35. The normalized spacial score (nSPS) is 16.0. The van der Waals surface area contributed by atoms with Gasteiger partial charge in [0, 0.05) is 102 Å². The number of rotatable bonds is 17. The van der Waals surface area contributed by atoms with Gasteiger partial charge in [-0.3, -0.25) is 33.6 Å². The number of aliphatic imine (C=N–C) groups is 1. The van der Waals surface area contributed by atoms with E-state index < -0.39 is 11.8 Å². The van der Waals surface area contributed by atoms with E-state index in [9.17, 15) is 33.6 Å². The zero-order valence-corrected chi connectivity index (χ0v) is 33.0. The summed E-state index contributed by atoms with van der Waals surface area (Å²) in [4.78, 5) is 99.3. The number of unbranched alkanes of at least 4 members (excludes halogenated alkanes) is 1. The van der Waals surface area contributed by atoms with E-state index in [0.29, 0.717) is 76.3 Å². The highest BCUT2D eigenvalue weighted by Crippen LogP contribution is 2.20. The van der Waals surface area contributed by atoms with Crippen LogP contribution in [0.15, 0.2) is 53.8 Å². The largest absolute Gasteiger partial charge is 0.370 e.